The lowest BCUT2D eigenvalue weighted by Gasteiger charge is -2.04. The van der Waals surface area contributed by atoms with Gasteiger partial charge in [-0.1, -0.05) is 18.5 Å². The summed E-state index contributed by atoms with van der Waals surface area (Å²) in [7, 11) is 0. The molecule has 1 aromatic rings. The quantitative estimate of drug-likeness (QED) is 0.852. The molecule has 1 aromatic heterocycles. The Morgan fingerprint density at radius 3 is 3.00 bits per heavy atom. The van der Waals surface area contributed by atoms with Crippen LogP contribution in [0.2, 0.25) is 0 Å². The van der Waals surface area contributed by atoms with Crippen LogP contribution in [0.5, 0.6) is 0 Å². The summed E-state index contributed by atoms with van der Waals surface area (Å²) < 4.78 is 5.07. The fourth-order valence-electron chi connectivity index (χ4n) is 2.43. The van der Waals surface area contributed by atoms with Crippen molar-refractivity contribution in [3.63, 3.8) is 0 Å². The van der Waals surface area contributed by atoms with Crippen molar-refractivity contribution in [1.29, 1.82) is 0 Å². The summed E-state index contributed by atoms with van der Waals surface area (Å²) in [5, 5.41) is 12.5. The summed E-state index contributed by atoms with van der Waals surface area (Å²) in [6, 6.07) is 0. The van der Waals surface area contributed by atoms with Crippen LogP contribution in [0, 0.1) is 5.92 Å². The van der Waals surface area contributed by atoms with Gasteiger partial charge in [0.2, 0.25) is 5.89 Å². The van der Waals surface area contributed by atoms with Crippen LogP contribution in [0.15, 0.2) is 4.52 Å². The SMILES string of the molecule is CCC1CCC(c2noc(CCC(=O)O)n2)C1. The third-order valence-electron chi connectivity index (χ3n) is 3.52. The third-order valence-corrected chi connectivity index (χ3v) is 3.52. The predicted octanol–water partition coefficient (Wildman–Crippen LogP) is 2.38. The molecular formula is C12H18N2O3. The van der Waals surface area contributed by atoms with E-state index in [0.717, 1.165) is 24.6 Å². The topological polar surface area (TPSA) is 76.2 Å². The van der Waals surface area contributed by atoms with E-state index in [2.05, 4.69) is 17.1 Å². The molecule has 0 spiro atoms. The van der Waals surface area contributed by atoms with E-state index in [-0.39, 0.29) is 6.42 Å². The molecule has 0 bridgehead atoms. The Labute approximate surface area is 100 Å². The third kappa shape index (κ3) is 3.05. The number of nitrogens with zero attached hydrogens (tertiary/aromatic N) is 2. The summed E-state index contributed by atoms with van der Waals surface area (Å²) in [5.41, 5.74) is 0. The number of hydrogen-bond acceptors (Lipinski definition) is 4. The molecule has 5 heteroatoms. The Morgan fingerprint density at radius 2 is 2.35 bits per heavy atom. The summed E-state index contributed by atoms with van der Waals surface area (Å²) >= 11 is 0. The van der Waals surface area contributed by atoms with Crippen LogP contribution in [0.4, 0.5) is 0 Å². The Hall–Kier alpha value is -1.39. The van der Waals surface area contributed by atoms with Crippen LogP contribution in [0.1, 0.15) is 56.7 Å². The van der Waals surface area contributed by atoms with Gasteiger partial charge >= 0.3 is 5.97 Å². The summed E-state index contributed by atoms with van der Waals surface area (Å²) in [6.45, 7) is 2.21. The van der Waals surface area contributed by atoms with Gasteiger partial charge in [0, 0.05) is 12.3 Å². The van der Waals surface area contributed by atoms with E-state index in [1.807, 2.05) is 0 Å². The first kappa shape index (κ1) is 12.1. The van der Waals surface area contributed by atoms with Crippen molar-refractivity contribution in [2.75, 3.05) is 0 Å². The van der Waals surface area contributed by atoms with Gasteiger partial charge in [0.05, 0.1) is 6.42 Å². The van der Waals surface area contributed by atoms with Gasteiger partial charge in [-0.25, -0.2) is 0 Å². The van der Waals surface area contributed by atoms with Gasteiger partial charge in [-0.3, -0.25) is 4.79 Å². The largest absolute Gasteiger partial charge is 0.481 e. The number of aromatic nitrogens is 2. The first-order valence-electron chi connectivity index (χ1n) is 6.23. The van der Waals surface area contributed by atoms with Crippen LogP contribution in [0.25, 0.3) is 0 Å². The molecule has 1 saturated carbocycles. The molecule has 5 nitrogen and oxygen atoms in total. The highest BCUT2D eigenvalue weighted by atomic mass is 16.5. The zero-order valence-corrected chi connectivity index (χ0v) is 10.1. The van der Waals surface area contributed by atoms with Gasteiger partial charge in [0.1, 0.15) is 0 Å². The Morgan fingerprint density at radius 1 is 1.53 bits per heavy atom. The summed E-state index contributed by atoms with van der Waals surface area (Å²) in [6.07, 6.45) is 5.07. The molecule has 1 aliphatic carbocycles. The van der Waals surface area contributed by atoms with Crippen molar-refractivity contribution in [3.05, 3.63) is 11.7 Å². The predicted molar refractivity (Wildman–Crippen MR) is 60.6 cm³/mol. The fraction of sp³-hybridized carbons (Fsp3) is 0.750. The first-order chi connectivity index (χ1) is 8.19. The monoisotopic (exact) mass is 238 g/mol. The maximum atomic E-state index is 10.4. The number of hydrogen-bond donors (Lipinski definition) is 1. The molecule has 17 heavy (non-hydrogen) atoms. The van der Waals surface area contributed by atoms with Crippen molar-refractivity contribution < 1.29 is 14.4 Å². The zero-order valence-electron chi connectivity index (χ0n) is 10.1. The molecule has 0 aliphatic heterocycles. The van der Waals surface area contributed by atoms with Crippen LogP contribution < -0.4 is 0 Å². The second-order valence-corrected chi connectivity index (χ2v) is 4.72. The van der Waals surface area contributed by atoms with E-state index in [1.54, 1.807) is 0 Å². The fourth-order valence-corrected chi connectivity index (χ4v) is 2.43. The Bertz CT molecular complexity index is 389. The van der Waals surface area contributed by atoms with E-state index in [4.69, 9.17) is 9.63 Å². The van der Waals surface area contributed by atoms with Gasteiger partial charge in [0.25, 0.3) is 0 Å². The number of carbonyl (C=O) groups is 1. The zero-order chi connectivity index (χ0) is 12.3. The number of aryl methyl sites for hydroxylation is 1. The van der Waals surface area contributed by atoms with Crippen molar-refractivity contribution in [1.82, 2.24) is 10.1 Å². The highest BCUT2D eigenvalue weighted by molar-refractivity contribution is 5.66. The minimum absolute atomic E-state index is 0.0455. The normalized spacial score (nSPS) is 24.1. The number of rotatable bonds is 5. The molecule has 0 amide bonds. The highest BCUT2D eigenvalue weighted by Gasteiger charge is 2.28. The molecule has 94 valence electrons. The lowest BCUT2D eigenvalue weighted by molar-refractivity contribution is -0.137. The lowest BCUT2D eigenvalue weighted by Crippen LogP contribution is -1.99. The van der Waals surface area contributed by atoms with Crippen LogP contribution in [0.3, 0.4) is 0 Å². The number of aliphatic carboxylic acids is 1. The molecule has 0 saturated heterocycles. The van der Waals surface area contributed by atoms with Crippen molar-refractivity contribution >= 4 is 5.97 Å². The van der Waals surface area contributed by atoms with Gasteiger partial charge in [-0.2, -0.15) is 4.98 Å². The second kappa shape index (κ2) is 5.29. The highest BCUT2D eigenvalue weighted by Crippen LogP contribution is 2.38. The molecule has 2 rings (SSSR count). The van der Waals surface area contributed by atoms with E-state index in [1.165, 1.54) is 12.8 Å². The lowest BCUT2D eigenvalue weighted by atomic mass is 10.0. The van der Waals surface area contributed by atoms with Gasteiger partial charge in [-0.05, 0) is 25.2 Å². The smallest absolute Gasteiger partial charge is 0.303 e. The average Bonchev–Trinajstić information content (AvgIpc) is 2.94. The Kier molecular flexibility index (Phi) is 3.76. The van der Waals surface area contributed by atoms with Gasteiger partial charge in [-0.15, -0.1) is 0 Å². The van der Waals surface area contributed by atoms with Crippen LogP contribution in [-0.2, 0) is 11.2 Å². The first-order valence-corrected chi connectivity index (χ1v) is 6.23. The molecule has 2 atom stereocenters. The maximum absolute atomic E-state index is 10.4. The number of carboxylic acids is 1. The van der Waals surface area contributed by atoms with E-state index >= 15 is 0 Å². The standard InChI is InChI=1S/C12H18N2O3/c1-2-8-3-4-9(7-8)12-13-10(17-14-12)5-6-11(15)16/h8-9H,2-7H2,1H3,(H,15,16). The molecule has 1 N–H and O–H groups in total. The van der Waals surface area contributed by atoms with Crippen molar-refractivity contribution in [2.24, 2.45) is 5.92 Å². The summed E-state index contributed by atoms with van der Waals surface area (Å²) in [4.78, 5) is 14.7. The van der Waals surface area contributed by atoms with Crippen LogP contribution >= 0.6 is 0 Å². The maximum Gasteiger partial charge on any atom is 0.303 e. The van der Waals surface area contributed by atoms with Crippen LogP contribution in [-0.4, -0.2) is 21.2 Å². The molecule has 1 fully saturated rings. The summed E-state index contributed by atoms with van der Waals surface area (Å²) in [5.74, 6) is 1.56. The van der Waals surface area contributed by atoms with Crippen molar-refractivity contribution in [3.8, 4) is 0 Å². The minimum Gasteiger partial charge on any atom is -0.481 e. The van der Waals surface area contributed by atoms with Crippen molar-refractivity contribution in [2.45, 2.75) is 51.4 Å². The molecule has 1 heterocycles. The van der Waals surface area contributed by atoms with E-state index < -0.39 is 5.97 Å². The molecular weight excluding hydrogens is 220 g/mol. The second-order valence-electron chi connectivity index (χ2n) is 4.72. The molecule has 0 aromatic carbocycles. The molecule has 1 aliphatic rings. The number of carboxylic acid groups (broad SMARTS) is 1. The minimum atomic E-state index is -0.836. The van der Waals surface area contributed by atoms with Gasteiger partial charge < -0.3 is 9.63 Å². The van der Waals surface area contributed by atoms with E-state index in [9.17, 15) is 4.79 Å². The average molecular weight is 238 g/mol. The van der Waals surface area contributed by atoms with E-state index in [0.29, 0.717) is 18.2 Å². The molecule has 2 unspecified atom stereocenters. The van der Waals surface area contributed by atoms with Gasteiger partial charge in [0.15, 0.2) is 5.82 Å². The molecule has 0 radical (unpaired) electrons. The Balaban J connectivity index is 1.92.